The highest BCUT2D eigenvalue weighted by Crippen LogP contribution is 2.36. The van der Waals surface area contributed by atoms with Gasteiger partial charge in [-0.15, -0.1) is 11.3 Å². The fraction of sp³-hybridized carbons (Fsp3) is 0.364. The van der Waals surface area contributed by atoms with Crippen LogP contribution < -0.4 is 0 Å². The summed E-state index contributed by atoms with van der Waals surface area (Å²) in [5, 5.41) is 1.95. The fourth-order valence-corrected chi connectivity index (χ4v) is 4.62. The van der Waals surface area contributed by atoms with Crippen molar-refractivity contribution in [3.8, 4) is 0 Å². The molecule has 0 bridgehead atoms. The van der Waals surface area contributed by atoms with Crippen molar-refractivity contribution >= 4 is 28.7 Å². The minimum Gasteiger partial charge on any atom is -0.382 e. The Labute approximate surface area is 169 Å². The van der Waals surface area contributed by atoms with Crippen LogP contribution in [0.2, 0.25) is 0 Å². The van der Waals surface area contributed by atoms with Crippen molar-refractivity contribution in [1.29, 1.82) is 0 Å². The molecule has 0 N–H and O–H groups in total. The summed E-state index contributed by atoms with van der Waals surface area (Å²) in [6.07, 6.45) is 1.53. The van der Waals surface area contributed by atoms with Gasteiger partial charge in [0, 0.05) is 37.7 Å². The van der Waals surface area contributed by atoms with Gasteiger partial charge in [0.15, 0.2) is 0 Å². The van der Waals surface area contributed by atoms with Gasteiger partial charge >= 0.3 is 0 Å². The summed E-state index contributed by atoms with van der Waals surface area (Å²) in [6, 6.07) is 12.2. The molecule has 1 aromatic heterocycles. The molecule has 4 rings (SSSR count). The molecule has 146 valence electrons. The SMILES string of the molecule is CCOCCCN1C(=O)C(c2cccs2)=C(N2CCc3ccccc3C2)C1=O. The highest BCUT2D eigenvalue weighted by molar-refractivity contribution is 7.11. The highest BCUT2D eigenvalue weighted by atomic mass is 32.1. The van der Waals surface area contributed by atoms with Crippen molar-refractivity contribution in [2.45, 2.75) is 26.3 Å². The van der Waals surface area contributed by atoms with Gasteiger partial charge in [-0.3, -0.25) is 14.5 Å². The molecule has 2 aromatic rings. The van der Waals surface area contributed by atoms with Crippen molar-refractivity contribution < 1.29 is 14.3 Å². The minimum atomic E-state index is -0.183. The van der Waals surface area contributed by atoms with E-state index in [9.17, 15) is 9.59 Å². The molecule has 0 radical (unpaired) electrons. The first-order chi connectivity index (χ1) is 13.7. The van der Waals surface area contributed by atoms with E-state index in [2.05, 4.69) is 23.1 Å². The van der Waals surface area contributed by atoms with Crippen LogP contribution in [0.15, 0.2) is 47.5 Å². The van der Waals surface area contributed by atoms with E-state index in [4.69, 9.17) is 4.74 Å². The predicted molar refractivity (Wildman–Crippen MR) is 110 cm³/mol. The molecule has 0 spiro atoms. The van der Waals surface area contributed by atoms with Crippen LogP contribution in [-0.2, 0) is 27.3 Å². The number of thiophene rings is 1. The predicted octanol–water partition coefficient (Wildman–Crippen LogP) is 3.31. The Kier molecular flexibility index (Phi) is 5.59. The maximum Gasteiger partial charge on any atom is 0.277 e. The number of nitrogens with zero attached hydrogens (tertiary/aromatic N) is 2. The Morgan fingerprint density at radius 3 is 2.64 bits per heavy atom. The molecule has 0 unspecified atom stereocenters. The maximum absolute atomic E-state index is 13.3. The summed E-state index contributed by atoms with van der Waals surface area (Å²) >= 11 is 1.50. The number of carbonyl (C=O) groups excluding carboxylic acids is 2. The maximum atomic E-state index is 13.3. The van der Waals surface area contributed by atoms with Crippen molar-refractivity contribution in [3.63, 3.8) is 0 Å². The van der Waals surface area contributed by atoms with Crippen LogP contribution in [0.25, 0.3) is 5.57 Å². The summed E-state index contributed by atoms with van der Waals surface area (Å²) in [4.78, 5) is 30.8. The zero-order valence-corrected chi connectivity index (χ0v) is 16.8. The van der Waals surface area contributed by atoms with E-state index in [1.807, 2.05) is 30.5 Å². The Hall–Kier alpha value is -2.44. The van der Waals surface area contributed by atoms with Crippen LogP contribution >= 0.6 is 11.3 Å². The van der Waals surface area contributed by atoms with Crippen LogP contribution in [0.1, 0.15) is 29.3 Å². The molecule has 1 aromatic carbocycles. The van der Waals surface area contributed by atoms with Gasteiger partial charge in [0.1, 0.15) is 5.70 Å². The second-order valence-electron chi connectivity index (χ2n) is 6.95. The van der Waals surface area contributed by atoms with E-state index in [1.54, 1.807) is 0 Å². The summed E-state index contributed by atoms with van der Waals surface area (Å²) in [5.41, 5.74) is 3.65. The number of imide groups is 1. The first kappa shape index (κ1) is 18.9. The van der Waals surface area contributed by atoms with Crippen LogP contribution in [0.3, 0.4) is 0 Å². The van der Waals surface area contributed by atoms with Gasteiger partial charge in [0.25, 0.3) is 11.8 Å². The van der Waals surface area contributed by atoms with Gasteiger partial charge < -0.3 is 9.64 Å². The van der Waals surface area contributed by atoms with Crippen molar-refractivity contribution in [1.82, 2.24) is 9.80 Å². The number of rotatable bonds is 7. The quantitative estimate of drug-likeness (QED) is 0.532. The van der Waals surface area contributed by atoms with E-state index in [0.717, 1.165) is 17.8 Å². The summed E-state index contributed by atoms with van der Waals surface area (Å²) in [5.74, 6) is -0.359. The minimum absolute atomic E-state index is 0.177. The first-order valence-corrected chi connectivity index (χ1v) is 10.6. The molecular formula is C22H24N2O3S. The summed E-state index contributed by atoms with van der Waals surface area (Å²) in [7, 11) is 0. The topological polar surface area (TPSA) is 49.9 Å². The fourth-order valence-electron chi connectivity index (χ4n) is 3.86. The average molecular weight is 397 g/mol. The molecule has 0 atom stereocenters. The molecule has 0 saturated heterocycles. The highest BCUT2D eigenvalue weighted by Gasteiger charge is 2.42. The molecule has 2 amide bonds. The van der Waals surface area contributed by atoms with Crippen LogP contribution in [0.5, 0.6) is 0 Å². The second-order valence-corrected chi connectivity index (χ2v) is 7.90. The lowest BCUT2D eigenvalue weighted by atomic mass is 9.99. The summed E-state index contributed by atoms with van der Waals surface area (Å²) in [6.45, 7) is 4.92. The molecular weight excluding hydrogens is 372 g/mol. The van der Waals surface area contributed by atoms with E-state index in [0.29, 0.717) is 44.0 Å². The molecule has 2 aliphatic heterocycles. The molecule has 0 saturated carbocycles. The number of amides is 2. The number of hydrogen-bond acceptors (Lipinski definition) is 5. The lowest BCUT2D eigenvalue weighted by Gasteiger charge is -2.31. The third-order valence-corrected chi connectivity index (χ3v) is 6.12. The Morgan fingerprint density at radius 2 is 1.89 bits per heavy atom. The Morgan fingerprint density at radius 1 is 1.07 bits per heavy atom. The Balaban J connectivity index is 1.64. The van der Waals surface area contributed by atoms with E-state index in [-0.39, 0.29) is 11.8 Å². The van der Waals surface area contributed by atoms with Gasteiger partial charge in [-0.25, -0.2) is 0 Å². The molecule has 0 fully saturated rings. The van der Waals surface area contributed by atoms with Crippen LogP contribution in [-0.4, -0.2) is 47.9 Å². The second kappa shape index (κ2) is 8.29. The molecule has 0 aliphatic carbocycles. The van der Waals surface area contributed by atoms with Gasteiger partial charge in [0.05, 0.1) is 5.57 Å². The number of benzene rings is 1. The Bertz CT molecular complexity index is 904. The van der Waals surface area contributed by atoms with Crippen molar-refractivity contribution in [3.05, 3.63) is 63.5 Å². The zero-order valence-electron chi connectivity index (χ0n) is 16.0. The van der Waals surface area contributed by atoms with Gasteiger partial charge in [-0.2, -0.15) is 0 Å². The molecule has 28 heavy (non-hydrogen) atoms. The lowest BCUT2D eigenvalue weighted by Crippen LogP contribution is -2.38. The van der Waals surface area contributed by atoms with E-state index < -0.39 is 0 Å². The zero-order chi connectivity index (χ0) is 19.5. The van der Waals surface area contributed by atoms with Gasteiger partial charge in [-0.05, 0) is 42.3 Å². The smallest absolute Gasteiger partial charge is 0.277 e. The monoisotopic (exact) mass is 396 g/mol. The normalized spacial score (nSPS) is 16.9. The standard InChI is InChI=1S/C22H24N2O3S/c1-2-27-13-6-11-24-21(25)19(18-9-5-14-28-18)20(22(24)26)23-12-10-16-7-3-4-8-17(16)15-23/h3-5,7-9,14H,2,6,10-13,15H2,1H3. The van der Waals surface area contributed by atoms with E-state index in [1.165, 1.54) is 27.4 Å². The lowest BCUT2D eigenvalue weighted by molar-refractivity contribution is -0.137. The van der Waals surface area contributed by atoms with E-state index >= 15 is 0 Å². The molecule has 6 heteroatoms. The van der Waals surface area contributed by atoms with Gasteiger partial charge in [-0.1, -0.05) is 30.3 Å². The largest absolute Gasteiger partial charge is 0.382 e. The first-order valence-electron chi connectivity index (χ1n) is 9.74. The van der Waals surface area contributed by atoms with Gasteiger partial charge in [0.2, 0.25) is 0 Å². The van der Waals surface area contributed by atoms with Crippen LogP contribution in [0.4, 0.5) is 0 Å². The van der Waals surface area contributed by atoms with Crippen molar-refractivity contribution in [2.75, 3.05) is 26.3 Å². The third kappa shape index (κ3) is 3.50. The molecule has 2 aliphatic rings. The molecule has 3 heterocycles. The number of carbonyl (C=O) groups is 2. The van der Waals surface area contributed by atoms with Crippen LogP contribution in [0, 0.1) is 0 Å². The number of hydrogen-bond donors (Lipinski definition) is 0. The average Bonchev–Trinajstić information content (AvgIpc) is 3.32. The third-order valence-electron chi connectivity index (χ3n) is 5.23. The number of ether oxygens (including phenoxy) is 1. The number of fused-ring (bicyclic) bond motifs is 1. The molecule has 5 nitrogen and oxygen atoms in total. The summed E-state index contributed by atoms with van der Waals surface area (Å²) < 4.78 is 5.37. The van der Waals surface area contributed by atoms with Crippen molar-refractivity contribution in [2.24, 2.45) is 0 Å².